The average molecular weight is 261 g/mol. The van der Waals surface area contributed by atoms with E-state index in [0.717, 1.165) is 4.90 Å². The van der Waals surface area contributed by atoms with Gasteiger partial charge >= 0.3 is 0 Å². The zero-order chi connectivity index (χ0) is 12.5. The minimum atomic E-state index is -2.50. The molecule has 1 unspecified atom stereocenters. The van der Waals surface area contributed by atoms with Crippen molar-refractivity contribution in [3.63, 3.8) is 0 Å². The van der Waals surface area contributed by atoms with Crippen LogP contribution in [0.4, 0.5) is 18.9 Å². The van der Waals surface area contributed by atoms with E-state index in [1.807, 2.05) is 0 Å². The van der Waals surface area contributed by atoms with Gasteiger partial charge in [-0.1, -0.05) is 0 Å². The lowest BCUT2D eigenvalue weighted by Gasteiger charge is -2.11. The summed E-state index contributed by atoms with van der Waals surface area (Å²) in [5.41, 5.74) is 6.03. The van der Waals surface area contributed by atoms with E-state index in [4.69, 9.17) is 5.73 Å². The molecule has 0 amide bonds. The Morgan fingerprint density at radius 3 is 2.76 bits per heavy atom. The Morgan fingerprint density at radius 1 is 1.41 bits per heavy atom. The molecule has 2 rings (SSSR count). The van der Waals surface area contributed by atoms with Gasteiger partial charge in [-0.3, -0.25) is 0 Å². The second kappa shape index (κ2) is 4.80. The van der Waals surface area contributed by atoms with Gasteiger partial charge in [-0.05, 0) is 30.5 Å². The molecule has 0 spiro atoms. The largest absolute Gasteiger partial charge is 0.398 e. The number of thioether (sulfide) groups is 1. The van der Waals surface area contributed by atoms with E-state index in [1.54, 1.807) is 6.07 Å². The third kappa shape index (κ3) is 3.31. The molecule has 5 heteroatoms. The van der Waals surface area contributed by atoms with Crippen LogP contribution in [-0.4, -0.2) is 11.7 Å². The van der Waals surface area contributed by atoms with Crippen LogP contribution in [0.1, 0.15) is 19.3 Å². The number of nitrogen functional groups attached to an aromatic ring is 1. The molecule has 1 saturated carbocycles. The fourth-order valence-electron chi connectivity index (χ4n) is 2.04. The van der Waals surface area contributed by atoms with E-state index in [0.29, 0.717) is 17.9 Å². The number of alkyl halides is 2. The normalized spacial score (nSPS) is 22.9. The van der Waals surface area contributed by atoms with Gasteiger partial charge in [0, 0.05) is 29.2 Å². The van der Waals surface area contributed by atoms with Gasteiger partial charge in [-0.2, -0.15) is 0 Å². The van der Waals surface area contributed by atoms with Crippen molar-refractivity contribution in [1.82, 2.24) is 0 Å². The van der Waals surface area contributed by atoms with Crippen LogP contribution in [-0.2, 0) is 0 Å². The number of hydrogen-bond acceptors (Lipinski definition) is 2. The van der Waals surface area contributed by atoms with Gasteiger partial charge < -0.3 is 5.73 Å². The Kier molecular flexibility index (Phi) is 3.56. The molecule has 94 valence electrons. The molecule has 0 radical (unpaired) electrons. The maximum atomic E-state index is 13.0. The van der Waals surface area contributed by atoms with Gasteiger partial charge in [-0.25, -0.2) is 13.2 Å². The highest BCUT2D eigenvalue weighted by Gasteiger charge is 2.39. The van der Waals surface area contributed by atoms with Gasteiger partial charge in [0.05, 0.1) is 0 Å². The van der Waals surface area contributed by atoms with Crippen LogP contribution < -0.4 is 5.73 Å². The molecule has 0 heterocycles. The van der Waals surface area contributed by atoms with Gasteiger partial charge in [0.25, 0.3) is 0 Å². The first-order chi connectivity index (χ1) is 7.96. The number of anilines is 1. The van der Waals surface area contributed by atoms with Gasteiger partial charge in [0.2, 0.25) is 5.92 Å². The van der Waals surface area contributed by atoms with Crippen molar-refractivity contribution in [3.05, 3.63) is 24.0 Å². The van der Waals surface area contributed by atoms with E-state index in [1.165, 1.54) is 23.9 Å². The zero-order valence-corrected chi connectivity index (χ0v) is 10.1. The monoisotopic (exact) mass is 261 g/mol. The first kappa shape index (κ1) is 12.6. The van der Waals surface area contributed by atoms with Crippen LogP contribution in [0, 0.1) is 11.7 Å². The minimum absolute atomic E-state index is 0.0167. The summed E-state index contributed by atoms with van der Waals surface area (Å²) in [6, 6.07) is 4.19. The third-order valence-electron chi connectivity index (χ3n) is 2.95. The molecule has 2 N–H and O–H groups in total. The van der Waals surface area contributed by atoms with Gasteiger partial charge in [0.15, 0.2) is 0 Å². The SMILES string of the molecule is Nc1cc(F)ccc1SCC1CCC(F)(F)C1. The molecule has 0 aliphatic heterocycles. The van der Waals surface area contributed by atoms with E-state index >= 15 is 0 Å². The second-order valence-corrected chi connectivity index (χ2v) is 5.52. The fraction of sp³-hybridized carbons (Fsp3) is 0.500. The predicted molar refractivity (Wildman–Crippen MR) is 63.8 cm³/mol. The maximum absolute atomic E-state index is 13.0. The molecular formula is C12H14F3NS. The summed E-state index contributed by atoms with van der Waals surface area (Å²) in [6.07, 6.45) is 0.499. The fourth-order valence-corrected chi connectivity index (χ4v) is 3.13. The van der Waals surface area contributed by atoms with Crippen molar-refractivity contribution in [2.75, 3.05) is 11.5 Å². The molecule has 1 fully saturated rings. The average Bonchev–Trinajstić information content (AvgIpc) is 2.57. The van der Waals surface area contributed by atoms with Crippen molar-refractivity contribution < 1.29 is 13.2 Å². The highest BCUT2D eigenvalue weighted by atomic mass is 32.2. The molecule has 1 nitrogen and oxygen atoms in total. The first-order valence-corrected chi connectivity index (χ1v) is 6.50. The zero-order valence-electron chi connectivity index (χ0n) is 9.26. The van der Waals surface area contributed by atoms with Crippen LogP contribution in [0.2, 0.25) is 0 Å². The van der Waals surface area contributed by atoms with Crippen molar-refractivity contribution in [3.8, 4) is 0 Å². The van der Waals surface area contributed by atoms with E-state index in [-0.39, 0.29) is 24.6 Å². The number of benzene rings is 1. The van der Waals surface area contributed by atoms with E-state index in [2.05, 4.69) is 0 Å². The molecule has 1 aromatic rings. The number of halogens is 3. The maximum Gasteiger partial charge on any atom is 0.248 e. The molecule has 1 aliphatic rings. The smallest absolute Gasteiger partial charge is 0.248 e. The molecule has 0 aromatic heterocycles. The number of rotatable bonds is 3. The lowest BCUT2D eigenvalue weighted by molar-refractivity contribution is 0.00596. The molecule has 0 saturated heterocycles. The molecule has 1 aromatic carbocycles. The number of hydrogen-bond donors (Lipinski definition) is 1. The van der Waals surface area contributed by atoms with Crippen molar-refractivity contribution >= 4 is 17.4 Å². The molecule has 0 bridgehead atoms. The Balaban J connectivity index is 1.90. The second-order valence-electron chi connectivity index (χ2n) is 4.46. The highest BCUT2D eigenvalue weighted by molar-refractivity contribution is 7.99. The molecule has 1 atom stereocenters. The standard InChI is InChI=1S/C12H14F3NS/c13-9-1-2-11(10(16)5-9)17-7-8-3-4-12(14,15)6-8/h1-2,5,8H,3-4,6-7,16H2. The number of nitrogens with two attached hydrogens (primary N) is 1. The minimum Gasteiger partial charge on any atom is -0.398 e. The third-order valence-corrected chi connectivity index (χ3v) is 4.27. The van der Waals surface area contributed by atoms with Gasteiger partial charge in [0.1, 0.15) is 5.82 Å². The lowest BCUT2D eigenvalue weighted by Crippen LogP contribution is -2.10. The predicted octanol–water partition coefficient (Wildman–Crippen LogP) is 3.94. The molecule has 1 aliphatic carbocycles. The summed E-state index contributed by atoms with van der Waals surface area (Å²) in [4.78, 5) is 0.765. The summed E-state index contributed by atoms with van der Waals surface area (Å²) in [5.74, 6) is -2.23. The van der Waals surface area contributed by atoms with Crippen molar-refractivity contribution in [2.24, 2.45) is 5.92 Å². The summed E-state index contributed by atoms with van der Waals surface area (Å²) >= 11 is 1.43. The summed E-state index contributed by atoms with van der Waals surface area (Å²) < 4.78 is 38.7. The van der Waals surface area contributed by atoms with E-state index in [9.17, 15) is 13.2 Å². The quantitative estimate of drug-likeness (QED) is 0.659. The highest BCUT2D eigenvalue weighted by Crippen LogP contribution is 2.41. The topological polar surface area (TPSA) is 26.0 Å². The van der Waals surface area contributed by atoms with Gasteiger partial charge in [-0.15, -0.1) is 11.8 Å². The summed E-state index contributed by atoms with van der Waals surface area (Å²) in [7, 11) is 0. The van der Waals surface area contributed by atoms with Crippen LogP contribution in [0.3, 0.4) is 0 Å². The first-order valence-electron chi connectivity index (χ1n) is 5.52. The van der Waals surface area contributed by atoms with Crippen molar-refractivity contribution in [1.29, 1.82) is 0 Å². The van der Waals surface area contributed by atoms with Crippen molar-refractivity contribution in [2.45, 2.75) is 30.1 Å². The van der Waals surface area contributed by atoms with Crippen LogP contribution in [0.15, 0.2) is 23.1 Å². The van der Waals surface area contributed by atoms with Crippen LogP contribution in [0.25, 0.3) is 0 Å². The van der Waals surface area contributed by atoms with Crippen LogP contribution in [0.5, 0.6) is 0 Å². The molecule has 17 heavy (non-hydrogen) atoms. The van der Waals surface area contributed by atoms with E-state index < -0.39 is 5.92 Å². The van der Waals surface area contributed by atoms with Crippen LogP contribution >= 0.6 is 11.8 Å². The molecular weight excluding hydrogens is 247 g/mol. The Labute approximate surface area is 103 Å². The Hall–Kier alpha value is -0.840. The lowest BCUT2D eigenvalue weighted by atomic mass is 10.1. The summed E-state index contributed by atoms with van der Waals surface area (Å²) in [5, 5.41) is 0. The Morgan fingerprint density at radius 2 is 2.18 bits per heavy atom. The Bertz CT molecular complexity index is 409. The summed E-state index contributed by atoms with van der Waals surface area (Å²) in [6.45, 7) is 0.